The molecule has 1 saturated heterocycles. The molecule has 4 rings (SSSR count). The number of aromatic hydroxyl groups is 1. The number of hydrogen-bond acceptors (Lipinski definition) is 4. The highest BCUT2D eigenvalue weighted by Gasteiger charge is 2.48. The van der Waals surface area contributed by atoms with E-state index < -0.39 is 17.7 Å². The van der Waals surface area contributed by atoms with E-state index in [0.29, 0.717) is 11.1 Å². The molecular formula is C26H23NO4. The Labute approximate surface area is 180 Å². The number of aryl methyl sites for hydroxylation is 2. The molecule has 0 aromatic heterocycles. The topological polar surface area (TPSA) is 77.8 Å². The number of benzene rings is 3. The minimum atomic E-state index is -0.861. The van der Waals surface area contributed by atoms with Crippen LogP contribution in [0, 0.1) is 6.92 Å². The van der Waals surface area contributed by atoms with E-state index in [1.54, 1.807) is 30.3 Å². The van der Waals surface area contributed by atoms with Gasteiger partial charge in [0.05, 0.1) is 17.3 Å². The third-order valence-electron chi connectivity index (χ3n) is 5.70. The van der Waals surface area contributed by atoms with Crippen LogP contribution >= 0.6 is 0 Å². The Morgan fingerprint density at radius 3 is 2.23 bits per heavy atom. The van der Waals surface area contributed by atoms with E-state index in [2.05, 4.69) is 0 Å². The van der Waals surface area contributed by atoms with Gasteiger partial charge in [0.15, 0.2) is 0 Å². The van der Waals surface area contributed by atoms with Crippen LogP contribution in [-0.2, 0) is 16.0 Å². The van der Waals surface area contributed by atoms with Gasteiger partial charge in [-0.2, -0.15) is 0 Å². The van der Waals surface area contributed by atoms with Crippen molar-refractivity contribution in [3.05, 3.63) is 101 Å². The molecule has 2 N–H and O–H groups in total. The maximum Gasteiger partial charge on any atom is 0.300 e. The SMILES string of the molecule is CCc1ccc(/C(O)=C2\C(=O)C(=O)N(c3ccccc3O)C2c2ccccc2C)cc1. The lowest BCUT2D eigenvalue weighted by Gasteiger charge is -2.27. The van der Waals surface area contributed by atoms with Gasteiger partial charge in [-0.3, -0.25) is 14.5 Å². The van der Waals surface area contributed by atoms with E-state index in [9.17, 15) is 19.8 Å². The van der Waals surface area contributed by atoms with Crippen LogP contribution in [0.2, 0.25) is 0 Å². The maximum atomic E-state index is 13.1. The van der Waals surface area contributed by atoms with Crippen LogP contribution in [-0.4, -0.2) is 21.9 Å². The van der Waals surface area contributed by atoms with Gasteiger partial charge in [0, 0.05) is 5.56 Å². The Hall–Kier alpha value is -3.86. The lowest BCUT2D eigenvalue weighted by molar-refractivity contribution is -0.132. The molecule has 1 amide bonds. The summed E-state index contributed by atoms with van der Waals surface area (Å²) in [5.74, 6) is -1.92. The third kappa shape index (κ3) is 3.48. The molecule has 156 valence electrons. The molecule has 3 aromatic rings. The molecular weight excluding hydrogens is 390 g/mol. The van der Waals surface area contributed by atoms with E-state index in [1.165, 1.54) is 11.0 Å². The number of phenolic OH excluding ortho intramolecular Hbond substituents is 1. The van der Waals surface area contributed by atoms with E-state index in [1.807, 2.05) is 50.2 Å². The van der Waals surface area contributed by atoms with Gasteiger partial charge in [0.2, 0.25) is 0 Å². The lowest BCUT2D eigenvalue weighted by atomic mass is 9.92. The Kier molecular flexibility index (Phi) is 5.34. The fourth-order valence-electron chi connectivity index (χ4n) is 3.99. The van der Waals surface area contributed by atoms with Gasteiger partial charge in [-0.1, -0.05) is 67.6 Å². The summed E-state index contributed by atoms with van der Waals surface area (Å²) in [4.78, 5) is 27.5. The second-order valence-electron chi connectivity index (χ2n) is 7.56. The summed E-state index contributed by atoms with van der Waals surface area (Å²) in [5.41, 5.74) is 3.36. The minimum Gasteiger partial charge on any atom is -0.507 e. The van der Waals surface area contributed by atoms with Crippen molar-refractivity contribution in [1.82, 2.24) is 0 Å². The molecule has 31 heavy (non-hydrogen) atoms. The van der Waals surface area contributed by atoms with Crippen molar-refractivity contribution in [2.24, 2.45) is 0 Å². The Morgan fingerprint density at radius 2 is 1.58 bits per heavy atom. The molecule has 0 spiro atoms. The minimum absolute atomic E-state index is 0.00630. The van der Waals surface area contributed by atoms with Gasteiger partial charge in [0.1, 0.15) is 11.5 Å². The third-order valence-corrected chi connectivity index (χ3v) is 5.70. The summed E-state index contributed by atoms with van der Waals surface area (Å²) in [6.45, 7) is 3.92. The Bertz CT molecular complexity index is 1190. The molecule has 0 saturated carbocycles. The Morgan fingerprint density at radius 1 is 0.935 bits per heavy atom. The van der Waals surface area contributed by atoms with Crippen LogP contribution < -0.4 is 4.90 Å². The second-order valence-corrected chi connectivity index (χ2v) is 7.56. The van der Waals surface area contributed by atoms with Crippen molar-refractivity contribution in [3.63, 3.8) is 0 Å². The number of amides is 1. The van der Waals surface area contributed by atoms with Crippen LogP contribution in [0.4, 0.5) is 5.69 Å². The fraction of sp³-hybridized carbons (Fsp3) is 0.154. The molecule has 1 fully saturated rings. The van der Waals surface area contributed by atoms with Crippen molar-refractivity contribution >= 4 is 23.1 Å². The number of phenols is 1. The molecule has 1 aliphatic rings. The number of ketones is 1. The van der Waals surface area contributed by atoms with Gasteiger partial charge in [-0.15, -0.1) is 0 Å². The first-order chi connectivity index (χ1) is 14.9. The van der Waals surface area contributed by atoms with Gasteiger partial charge in [-0.25, -0.2) is 0 Å². The van der Waals surface area contributed by atoms with Crippen molar-refractivity contribution in [2.45, 2.75) is 26.3 Å². The van der Waals surface area contributed by atoms with E-state index in [-0.39, 0.29) is 22.8 Å². The number of carbonyl (C=O) groups is 2. The number of hydrogen-bond donors (Lipinski definition) is 2. The standard InChI is InChI=1S/C26H23NO4/c1-3-17-12-14-18(15-13-17)24(29)22-23(19-9-5-4-8-16(19)2)27(26(31)25(22)30)20-10-6-7-11-21(20)28/h4-15,23,28-29H,3H2,1-2H3/b24-22+. The first-order valence-electron chi connectivity index (χ1n) is 10.2. The average molecular weight is 413 g/mol. The van der Waals surface area contributed by atoms with Crippen molar-refractivity contribution in [1.29, 1.82) is 0 Å². The number of anilines is 1. The molecule has 1 unspecified atom stereocenters. The van der Waals surface area contributed by atoms with Crippen LogP contribution in [0.1, 0.15) is 35.2 Å². The molecule has 0 aliphatic carbocycles. The number of para-hydroxylation sites is 2. The van der Waals surface area contributed by atoms with Gasteiger partial charge in [-0.05, 0) is 42.2 Å². The maximum absolute atomic E-state index is 13.1. The highest BCUT2D eigenvalue weighted by molar-refractivity contribution is 6.52. The number of Topliss-reactive ketones (excluding diaryl/α,β-unsaturated/α-hetero) is 1. The molecule has 1 aliphatic heterocycles. The molecule has 5 nitrogen and oxygen atoms in total. The summed E-state index contributed by atoms with van der Waals surface area (Å²) in [6.07, 6.45) is 0.849. The molecule has 0 radical (unpaired) electrons. The summed E-state index contributed by atoms with van der Waals surface area (Å²) >= 11 is 0. The number of aliphatic hydroxyl groups excluding tert-OH is 1. The number of rotatable bonds is 4. The molecule has 1 heterocycles. The average Bonchev–Trinajstić information content (AvgIpc) is 3.04. The predicted molar refractivity (Wildman–Crippen MR) is 120 cm³/mol. The number of nitrogens with zero attached hydrogens (tertiary/aromatic N) is 1. The van der Waals surface area contributed by atoms with Crippen LogP contribution in [0.25, 0.3) is 5.76 Å². The van der Waals surface area contributed by atoms with Crippen molar-refractivity contribution in [3.8, 4) is 5.75 Å². The van der Waals surface area contributed by atoms with Crippen molar-refractivity contribution in [2.75, 3.05) is 4.90 Å². The molecule has 0 bridgehead atoms. The van der Waals surface area contributed by atoms with E-state index in [4.69, 9.17) is 0 Å². The monoisotopic (exact) mass is 413 g/mol. The van der Waals surface area contributed by atoms with Crippen LogP contribution in [0.15, 0.2) is 78.4 Å². The molecule has 3 aromatic carbocycles. The number of carbonyl (C=O) groups excluding carboxylic acids is 2. The smallest absolute Gasteiger partial charge is 0.300 e. The highest BCUT2D eigenvalue weighted by Crippen LogP contribution is 2.45. The zero-order chi connectivity index (χ0) is 22.1. The second kappa shape index (κ2) is 8.11. The van der Waals surface area contributed by atoms with Crippen molar-refractivity contribution < 1.29 is 19.8 Å². The van der Waals surface area contributed by atoms with Gasteiger partial charge in [0.25, 0.3) is 11.7 Å². The first kappa shape index (κ1) is 20.4. The Balaban J connectivity index is 1.97. The summed E-state index contributed by atoms with van der Waals surface area (Å²) in [6, 6.07) is 20.2. The van der Waals surface area contributed by atoms with E-state index in [0.717, 1.165) is 17.5 Å². The van der Waals surface area contributed by atoms with E-state index >= 15 is 0 Å². The highest BCUT2D eigenvalue weighted by atomic mass is 16.3. The predicted octanol–water partition coefficient (Wildman–Crippen LogP) is 4.89. The zero-order valence-corrected chi connectivity index (χ0v) is 17.4. The lowest BCUT2D eigenvalue weighted by Crippen LogP contribution is -2.29. The normalized spacial score (nSPS) is 17.9. The van der Waals surface area contributed by atoms with Gasteiger partial charge < -0.3 is 10.2 Å². The zero-order valence-electron chi connectivity index (χ0n) is 17.4. The number of aliphatic hydroxyl groups is 1. The van der Waals surface area contributed by atoms with Gasteiger partial charge >= 0.3 is 0 Å². The fourth-order valence-corrected chi connectivity index (χ4v) is 3.99. The summed E-state index contributed by atoms with van der Waals surface area (Å²) < 4.78 is 0. The largest absolute Gasteiger partial charge is 0.507 e. The van der Waals surface area contributed by atoms with Crippen LogP contribution in [0.3, 0.4) is 0 Å². The summed E-state index contributed by atoms with van der Waals surface area (Å²) in [7, 11) is 0. The molecule has 1 atom stereocenters. The van der Waals surface area contributed by atoms with Crippen LogP contribution in [0.5, 0.6) is 5.75 Å². The quantitative estimate of drug-likeness (QED) is 0.363. The first-order valence-corrected chi connectivity index (χ1v) is 10.2. The summed E-state index contributed by atoms with van der Waals surface area (Å²) in [5, 5.41) is 21.6. The molecule has 5 heteroatoms.